The molecule has 23 heavy (non-hydrogen) atoms. The molecular formula is C18H22ClN3O. The largest absolute Gasteiger partial charge is 0.492 e. The topological polar surface area (TPSA) is 59.3 Å². The van der Waals surface area contributed by atoms with Crippen molar-refractivity contribution in [1.82, 2.24) is 10.9 Å². The lowest BCUT2D eigenvalue weighted by atomic mass is 10.0. The molecule has 4 nitrogen and oxygen atoms in total. The molecule has 4 N–H and O–H groups in total. The van der Waals surface area contributed by atoms with Gasteiger partial charge in [0, 0.05) is 16.8 Å². The minimum absolute atomic E-state index is 0.258. The van der Waals surface area contributed by atoms with Gasteiger partial charge in [-0.3, -0.25) is 5.43 Å². The highest BCUT2D eigenvalue weighted by Crippen LogP contribution is 2.27. The molecule has 122 valence electrons. The maximum atomic E-state index is 6.19. The molecule has 0 saturated carbocycles. The first-order chi connectivity index (χ1) is 11.0. The second-order valence-electron chi connectivity index (χ2n) is 6.12. The molecule has 1 aliphatic heterocycles. The molecule has 2 unspecified atom stereocenters. The predicted molar refractivity (Wildman–Crippen MR) is 94.7 cm³/mol. The minimum atomic E-state index is 0.258. The van der Waals surface area contributed by atoms with E-state index in [-0.39, 0.29) is 12.1 Å². The monoisotopic (exact) mass is 331 g/mol. The third-order valence-electron chi connectivity index (χ3n) is 4.18. The standard InChI is InChI=1S/C18H22ClN3O/c1-11-7-16(8-12(2)18(11)19)23-10-15-9-17(22-21-15)13-3-5-14(20)6-4-13/h3-8,15,17,21-22H,9-10,20H2,1-2H3. The van der Waals surface area contributed by atoms with Gasteiger partial charge < -0.3 is 10.5 Å². The van der Waals surface area contributed by atoms with Gasteiger partial charge in [-0.05, 0) is 61.2 Å². The number of hydrazine groups is 1. The van der Waals surface area contributed by atoms with Gasteiger partial charge in [0.25, 0.3) is 0 Å². The molecule has 0 radical (unpaired) electrons. The highest BCUT2D eigenvalue weighted by molar-refractivity contribution is 6.32. The van der Waals surface area contributed by atoms with Crippen LogP contribution in [0.2, 0.25) is 5.02 Å². The molecule has 3 rings (SSSR count). The van der Waals surface area contributed by atoms with E-state index in [1.165, 1.54) is 5.56 Å². The summed E-state index contributed by atoms with van der Waals surface area (Å²) < 4.78 is 5.93. The van der Waals surface area contributed by atoms with E-state index in [9.17, 15) is 0 Å². The van der Waals surface area contributed by atoms with Crippen molar-refractivity contribution in [2.75, 3.05) is 12.3 Å². The molecule has 2 atom stereocenters. The summed E-state index contributed by atoms with van der Waals surface area (Å²) in [6.07, 6.45) is 0.968. The highest BCUT2D eigenvalue weighted by atomic mass is 35.5. The maximum Gasteiger partial charge on any atom is 0.120 e. The number of rotatable bonds is 4. The lowest BCUT2D eigenvalue weighted by molar-refractivity contribution is 0.272. The molecule has 2 aromatic carbocycles. The Morgan fingerprint density at radius 3 is 2.43 bits per heavy atom. The van der Waals surface area contributed by atoms with Crippen LogP contribution in [-0.2, 0) is 0 Å². The van der Waals surface area contributed by atoms with Gasteiger partial charge in [0.05, 0.1) is 6.04 Å². The number of nitrogens with one attached hydrogen (secondary N) is 2. The number of aryl methyl sites for hydroxylation is 2. The highest BCUT2D eigenvalue weighted by Gasteiger charge is 2.25. The van der Waals surface area contributed by atoms with Crippen LogP contribution in [0.1, 0.15) is 29.2 Å². The summed E-state index contributed by atoms with van der Waals surface area (Å²) >= 11 is 6.19. The van der Waals surface area contributed by atoms with Crippen LogP contribution < -0.4 is 21.3 Å². The van der Waals surface area contributed by atoms with Crippen LogP contribution in [0.3, 0.4) is 0 Å². The number of nitrogen functional groups attached to an aromatic ring is 1. The van der Waals surface area contributed by atoms with Gasteiger partial charge in [-0.15, -0.1) is 0 Å². The van der Waals surface area contributed by atoms with E-state index in [2.05, 4.69) is 23.0 Å². The Morgan fingerprint density at radius 1 is 1.13 bits per heavy atom. The number of hydrogen-bond donors (Lipinski definition) is 3. The van der Waals surface area contributed by atoms with Crippen molar-refractivity contribution in [3.05, 3.63) is 58.1 Å². The summed E-state index contributed by atoms with van der Waals surface area (Å²) in [7, 11) is 0. The van der Waals surface area contributed by atoms with Crippen molar-refractivity contribution in [2.24, 2.45) is 0 Å². The minimum Gasteiger partial charge on any atom is -0.492 e. The summed E-state index contributed by atoms with van der Waals surface area (Å²) in [5.41, 5.74) is 16.4. The number of anilines is 1. The van der Waals surface area contributed by atoms with Crippen molar-refractivity contribution in [2.45, 2.75) is 32.4 Å². The smallest absolute Gasteiger partial charge is 0.120 e. The number of hydrogen-bond acceptors (Lipinski definition) is 4. The number of halogens is 1. The van der Waals surface area contributed by atoms with Crippen LogP contribution in [0.15, 0.2) is 36.4 Å². The summed E-state index contributed by atoms with van der Waals surface area (Å²) in [4.78, 5) is 0. The van der Waals surface area contributed by atoms with E-state index in [1.807, 2.05) is 38.1 Å². The Hall–Kier alpha value is -1.75. The summed E-state index contributed by atoms with van der Waals surface area (Å²) in [6.45, 7) is 4.60. The third kappa shape index (κ3) is 3.78. The molecule has 1 fully saturated rings. The quantitative estimate of drug-likeness (QED) is 0.750. The Labute approximate surface area is 141 Å². The van der Waals surface area contributed by atoms with Gasteiger partial charge in [0.15, 0.2) is 0 Å². The zero-order chi connectivity index (χ0) is 16.4. The zero-order valence-corrected chi connectivity index (χ0v) is 14.2. The lowest BCUT2D eigenvalue weighted by Gasteiger charge is -2.13. The first kappa shape index (κ1) is 16.1. The SMILES string of the molecule is Cc1cc(OCC2CC(c3ccc(N)cc3)NN2)cc(C)c1Cl. The molecule has 1 heterocycles. The van der Waals surface area contributed by atoms with E-state index in [1.54, 1.807) is 0 Å². The lowest BCUT2D eigenvalue weighted by Crippen LogP contribution is -2.34. The first-order valence-electron chi connectivity index (χ1n) is 7.79. The Bertz CT molecular complexity index is 664. The van der Waals surface area contributed by atoms with Gasteiger partial charge in [0.1, 0.15) is 12.4 Å². The van der Waals surface area contributed by atoms with E-state index in [0.29, 0.717) is 6.61 Å². The van der Waals surface area contributed by atoms with Crippen LogP contribution in [0.25, 0.3) is 0 Å². The number of ether oxygens (including phenoxy) is 1. The predicted octanol–water partition coefficient (Wildman–Crippen LogP) is 3.53. The Balaban J connectivity index is 1.57. The Morgan fingerprint density at radius 2 is 1.78 bits per heavy atom. The van der Waals surface area contributed by atoms with Crippen LogP contribution in [0.5, 0.6) is 5.75 Å². The molecule has 2 aromatic rings. The average Bonchev–Trinajstić information content (AvgIpc) is 3.00. The van der Waals surface area contributed by atoms with E-state index >= 15 is 0 Å². The number of benzene rings is 2. The van der Waals surface area contributed by atoms with Crippen LogP contribution >= 0.6 is 11.6 Å². The molecule has 0 spiro atoms. The number of nitrogens with two attached hydrogens (primary N) is 1. The fourth-order valence-corrected chi connectivity index (χ4v) is 2.97. The van der Waals surface area contributed by atoms with E-state index in [0.717, 1.165) is 34.0 Å². The van der Waals surface area contributed by atoms with Crippen molar-refractivity contribution in [3.8, 4) is 5.75 Å². The first-order valence-corrected chi connectivity index (χ1v) is 8.17. The van der Waals surface area contributed by atoms with Crippen LogP contribution in [-0.4, -0.2) is 12.6 Å². The normalized spacial score (nSPS) is 20.7. The van der Waals surface area contributed by atoms with E-state index in [4.69, 9.17) is 22.1 Å². The van der Waals surface area contributed by atoms with Crippen molar-refractivity contribution < 1.29 is 4.74 Å². The van der Waals surface area contributed by atoms with Crippen molar-refractivity contribution >= 4 is 17.3 Å². The summed E-state index contributed by atoms with van der Waals surface area (Å²) in [5.74, 6) is 0.863. The van der Waals surface area contributed by atoms with Gasteiger partial charge in [0.2, 0.25) is 0 Å². The second kappa shape index (κ2) is 6.79. The van der Waals surface area contributed by atoms with Gasteiger partial charge >= 0.3 is 0 Å². The average molecular weight is 332 g/mol. The molecule has 5 heteroatoms. The molecule has 0 bridgehead atoms. The molecule has 0 aliphatic carbocycles. The van der Waals surface area contributed by atoms with Crippen LogP contribution in [0, 0.1) is 13.8 Å². The van der Waals surface area contributed by atoms with Gasteiger partial charge in [-0.1, -0.05) is 23.7 Å². The zero-order valence-electron chi connectivity index (χ0n) is 13.4. The molecule has 1 aliphatic rings. The summed E-state index contributed by atoms with van der Waals surface area (Å²) in [5, 5.41) is 0.807. The fraction of sp³-hybridized carbons (Fsp3) is 0.333. The molecule has 1 saturated heterocycles. The van der Waals surface area contributed by atoms with Gasteiger partial charge in [-0.2, -0.15) is 0 Å². The van der Waals surface area contributed by atoms with Crippen LogP contribution in [0.4, 0.5) is 5.69 Å². The Kier molecular flexibility index (Phi) is 4.76. The van der Waals surface area contributed by atoms with E-state index < -0.39 is 0 Å². The van der Waals surface area contributed by atoms with Crippen molar-refractivity contribution in [3.63, 3.8) is 0 Å². The fourth-order valence-electron chi connectivity index (χ4n) is 2.86. The van der Waals surface area contributed by atoms with Crippen molar-refractivity contribution in [1.29, 1.82) is 0 Å². The molecule has 0 aromatic heterocycles. The second-order valence-corrected chi connectivity index (χ2v) is 6.50. The molecular weight excluding hydrogens is 310 g/mol. The maximum absolute atomic E-state index is 6.19. The molecule has 0 amide bonds. The third-order valence-corrected chi connectivity index (χ3v) is 4.78. The summed E-state index contributed by atoms with van der Waals surface area (Å²) in [6, 6.07) is 12.5. The van der Waals surface area contributed by atoms with Gasteiger partial charge in [-0.25, -0.2) is 5.43 Å².